The van der Waals surface area contributed by atoms with Crippen LogP contribution in [0, 0.1) is 19.7 Å². The molecule has 2 aromatic heterocycles. The average molecular weight is 532 g/mol. The lowest BCUT2D eigenvalue weighted by Gasteiger charge is -2.36. The van der Waals surface area contributed by atoms with Crippen LogP contribution in [0.5, 0.6) is 11.5 Å². The van der Waals surface area contributed by atoms with E-state index in [9.17, 15) is 19.1 Å². The lowest BCUT2D eigenvalue weighted by atomic mass is 10.1. The van der Waals surface area contributed by atoms with E-state index in [0.717, 1.165) is 0 Å². The van der Waals surface area contributed by atoms with Gasteiger partial charge in [-0.3, -0.25) is 9.59 Å². The number of carbonyl (C=O) groups excluding carboxylic acids is 2. The number of nitrogens with one attached hydrogen (secondary N) is 1. The third-order valence-electron chi connectivity index (χ3n) is 6.37. The molecule has 0 saturated carbocycles. The fourth-order valence-electron chi connectivity index (χ4n) is 4.24. The zero-order valence-corrected chi connectivity index (χ0v) is 22.0. The highest BCUT2D eigenvalue weighted by Gasteiger charge is 2.25. The number of nitrogens with zero attached hydrogens (tertiary/aromatic N) is 4. The molecule has 0 fully saturated rings. The molecule has 0 unspecified atom stereocenters. The largest absolute Gasteiger partial charge is 0.504 e. The number of hydrogen-bond donors (Lipinski definition) is 2. The molecule has 10 heteroatoms. The van der Waals surface area contributed by atoms with Crippen LogP contribution in [0.25, 0.3) is 0 Å². The Bertz CT molecular complexity index is 1430. The van der Waals surface area contributed by atoms with Gasteiger partial charge in [0.05, 0.1) is 18.8 Å². The molecule has 0 spiro atoms. The molecule has 3 aromatic rings. The highest BCUT2D eigenvalue weighted by molar-refractivity contribution is 6.04. The molecule has 0 bridgehead atoms. The minimum atomic E-state index is -0.579. The molecule has 1 aliphatic rings. The third-order valence-corrected chi connectivity index (χ3v) is 6.37. The first kappa shape index (κ1) is 27.3. The van der Waals surface area contributed by atoms with Crippen molar-refractivity contribution in [1.82, 2.24) is 19.8 Å². The summed E-state index contributed by atoms with van der Waals surface area (Å²) in [5, 5.41) is 12.4. The molecule has 0 radical (unpaired) electrons. The maximum Gasteiger partial charge on any atom is 0.275 e. The second kappa shape index (κ2) is 11.8. The van der Waals surface area contributed by atoms with Gasteiger partial charge in [-0.1, -0.05) is 18.7 Å². The molecule has 1 aliphatic heterocycles. The minimum Gasteiger partial charge on any atom is -0.504 e. The van der Waals surface area contributed by atoms with E-state index in [1.165, 1.54) is 30.6 Å². The molecule has 202 valence electrons. The van der Waals surface area contributed by atoms with Gasteiger partial charge in [0, 0.05) is 25.1 Å². The number of carbonyl (C=O) groups is 2. The number of anilines is 1. The fourth-order valence-corrected chi connectivity index (χ4v) is 4.24. The smallest absolute Gasteiger partial charge is 0.275 e. The number of benzene rings is 1. The summed E-state index contributed by atoms with van der Waals surface area (Å²) >= 11 is 0. The molecule has 2 N–H and O–H groups in total. The number of aromatic hydroxyl groups is 1. The van der Waals surface area contributed by atoms with Gasteiger partial charge in [-0.15, -0.1) is 0 Å². The van der Waals surface area contributed by atoms with Crippen LogP contribution >= 0.6 is 0 Å². The van der Waals surface area contributed by atoms with Crippen LogP contribution in [0.4, 0.5) is 10.2 Å². The Balaban J connectivity index is 1.55. The second-order valence-corrected chi connectivity index (χ2v) is 9.33. The molecule has 39 heavy (non-hydrogen) atoms. The van der Waals surface area contributed by atoms with Crippen molar-refractivity contribution in [3.8, 4) is 11.5 Å². The van der Waals surface area contributed by atoms with E-state index >= 15 is 0 Å². The maximum absolute atomic E-state index is 14.5. The molecular formula is C29H30FN5O4. The van der Waals surface area contributed by atoms with Gasteiger partial charge in [-0.2, -0.15) is 0 Å². The van der Waals surface area contributed by atoms with Gasteiger partial charge in [0.25, 0.3) is 5.91 Å². The molecule has 3 heterocycles. The van der Waals surface area contributed by atoms with Crippen molar-refractivity contribution in [2.24, 2.45) is 0 Å². The van der Waals surface area contributed by atoms with Gasteiger partial charge >= 0.3 is 0 Å². The standard InChI is InChI=1S/C29H30FN5O4/c1-5-26(37)35-12-11-34(16-20(35)4)17-25(21-9-8-18(2)23(30)14-21)39-22-13-19(3)27(32-15-22)29(38)33-28-24(36)7-6-10-31-28/h5-15,20,25,36H,1,16-17H2,2-4H3,(H,31,33,38)/t20-,25-/m1/s1. The molecule has 4 rings (SSSR count). The van der Waals surface area contributed by atoms with Crippen LogP contribution < -0.4 is 10.1 Å². The fraction of sp³-hybridized carbons (Fsp3) is 0.241. The number of aryl methyl sites for hydroxylation is 2. The summed E-state index contributed by atoms with van der Waals surface area (Å²) in [6.07, 6.45) is 7.07. The summed E-state index contributed by atoms with van der Waals surface area (Å²) in [7, 11) is 0. The molecule has 9 nitrogen and oxygen atoms in total. The molecule has 0 aliphatic carbocycles. The summed E-state index contributed by atoms with van der Waals surface area (Å²) in [4.78, 5) is 36.7. The van der Waals surface area contributed by atoms with Gasteiger partial charge < -0.3 is 25.0 Å². The molecular weight excluding hydrogens is 501 g/mol. The van der Waals surface area contributed by atoms with E-state index < -0.39 is 12.0 Å². The lowest BCUT2D eigenvalue weighted by molar-refractivity contribution is -0.125. The first-order chi connectivity index (χ1) is 18.7. The van der Waals surface area contributed by atoms with Crippen molar-refractivity contribution in [3.63, 3.8) is 0 Å². The highest BCUT2D eigenvalue weighted by atomic mass is 19.1. The first-order valence-corrected chi connectivity index (χ1v) is 12.4. The van der Waals surface area contributed by atoms with E-state index in [1.54, 1.807) is 49.3 Å². The number of aromatic nitrogens is 2. The van der Waals surface area contributed by atoms with Crippen molar-refractivity contribution < 1.29 is 23.8 Å². The van der Waals surface area contributed by atoms with Crippen molar-refractivity contribution in [1.29, 1.82) is 0 Å². The number of pyridine rings is 2. The van der Waals surface area contributed by atoms with Crippen molar-refractivity contribution in [2.45, 2.75) is 32.9 Å². The third kappa shape index (κ3) is 6.40. The van der Waals surface area contributed by atoms with Crippen LogP contribution in [-0.2, 0) is 4.79 Å². The normalized spacial score (nSPS) is 15.5. The number of rotatable bonds is 8. The van der Waals surface area contributed by atoms with Crippen LogP contribution in [-0.4, -0.2) is 55.8 Å². The zero-order chi connectivity index (χ0) is 28.1. The Morgan fingerprint density at radius 1 is 1.23 bits per heavy atom. The van der Waals surface area contributed by atoms with Crippen LogP contribution in [0.1, 0.15) is 40.2 Å². The topological polar surface area (TPSA) is 108 Å². The molecule has 2 amide bonds. The van der Waals surface area contributed by atoms with Crippen molar-refractivity contribution in [2.75, 3.05) is 18.4 Å². The van der Waals surface area contributed by atoms with Gasteiger partial charge in [0.15, 0.2) is 11.6 Å². The summed E-state index contributed by atoms with van der Waals surface area (Å²) < 4.78 is 20.8. The predicted molar refractivity (Wildman–Crippen MR) is 145 cm³/mol. The monoisotopic (exact) mass is 531 g/mol. The number of amides is 2. The zero-order valence-electron chi connectivity index (χ0n) is 22.0. The molecule has 1 aromatic carbocycles. The minimum absolute atomic E-state index is 0.0302. The number of ether oxygens (including phenoxy) is 1. The van der Waals surface area contributed by atoms with Crippen molar-refractivity contribution in [3.05, 3.63) is 102 Å². The van der Waals surface area contributed by atoms with E-state index in [2.05, 4.69) is 21.9 Å². The van der Waals surface area contributed by atoms with Gasteiger partial charge in [0.1, 0.15) is 23.4 Å². The quantitative estimate of drug-likeness (QED) is 0.412. The maximum atomic E-state index is 14.5. The first-order valence-electron chi connectivity index (χ1n) is 12.4. The van der Waals surface area contributed by atoms with Crippen LogP contribution in [0.15, 0.2) is 73.8 Å². The van der Waals surface area contributed by atoms with Gasteiger partial charge in [-0.25, -0.2) is 14.4 Å². The summed E-state index contributed by atoms with van der Waals surface area (Å²) in [6, 6.07) is 9.51. The predicted octanol–water partition coefficient (Wildman–Crippen LogP) is 4.50. The van der Waals surface area contributed by atoms with Crippen LogP contribution in [0.2, 0.25) is 0 Å². The van der Waals surface area contributed by atoms with E-state index in [4.69, 9.17) is 4.74 Å². The number of hydrogen-bond acceptors (Lipinski definition) is 7. The second-order valence-electron chi connectivity index (χ2n) is 9.33. The highest BCUT2D eigenvalue weighted by Crippen LogP contribution is 2.27. The molecule has 0 saturated heterocycles. The van der Waals surface area contributed by atoms with E-state index in [0.29, 0.717) is 35.5 Å². The van der Waals surface area contributed by atoms with Crippen molar-refractivity contribution >= 4 is 17.6 Å². The Hall–Kier alpha value is -4.73. The van der Waals surface area contributed by atoms with Gasteiger partial charge in [-0.05, 0) is 67.8 Å². The lowest BCUT2D eigenvalue weighted by Crippen LogP contribution is -2.45. The Kier molecular flexibility index (Phi) is 8.24. The summed E-state index contributed by atoms with van der Waals surface area (Å²) in [5.41, 5.74) is 1.84. The van der Waals surface area contributed by atoms with Gasteiger partial charge in [0.2, 0.25) is 5.91 Å². The Labute approximate surface area is 226 Å². The molecule has 2 atom stereocenters. The average Bonchev–Trinajstić information content (AvgIpc) is 2.91. The van der Waals surface area contributed by atoms with Crippen LogP contribution in [0.3, 0.4) is 0 Å². The SMILES string of the molecule is C=CC(=O)N1C=CN(C[C@@H](Oc2cnc(C(=O)Nc3ncccc3O)c(C)c2)c2ccc(C)c(F)c2)C[C@H]1C. The summed E-state index contributed by atoms with van der Waals surface area (Å²) in [6.45, 7) is 9.81. The Morgan fingerprint density at radius 3 is 2.69 bits per heavy atom. The number of halogens is 1. The van der Waals surface area contributed by atoms with E-state index in [1.807, 2.05) is 17.9 Å². The van der Waals surface area contributed by atoms with E-state index in [-0.39, 0.29) is 35.0 Å². The summed E-state index contributed by atoms with van der Waals surface area (Å²) in [5.74, 6) is -0.789. The Morgan fingerprint density at radius 2 is 2.03 bits per heavy atom.